The highest BCUT2D eigenvalue weighted by atomic mass is 35.5. The summed E-state index contributed by atoms with van der Waals surface area (Å²) in [5.41, 5.74) is -3.00. The van der Waals surface area contributed by atoms with Crippen molar-refractivity contribution in [2.45, 2.75) is 13.1 Å². The summed E-state index contributed by atoms with van der Waals surface area (Å²) in [7, 11) is 0.904. The van der Waals surface area contributed by atoms with Crippen LogP contribution in [0.3, 0.4) is 0 Å². The quantitative estimate of drug-likeness (QED) is 0.670. The van der Waals surface area contributed by atoms with Crippen LogP contribution in [0.15, 0.2) is 40.1 Å². The van der Waals surface area contributed by atoms with E-state index in [1.54, 1.807) is 6.92 Å². The molecule has 2 N–H and O–H groups in total. The van der Waals surface area contributed by atoms with Crippen molar-refractivity contribution in [1.82, 2.24) is 19.3 Å². The second-order valence-corrected chi connectivity index (χ2v) is 6.48. The van der Waals surface area contributed by atoms with Crippen LogP contribution in [0.2, 0.25) is 5.02 Å². The second kappa shape index (κ2) is 7.24. The van der Waals surface area contributed by atoms with Crippen LogP contribution in [-0.4, -0.2) is 25.2 Å². The molecule has 0 bridgehead atoms. The molecule has 1 amide bonds. The highest BCUT2D eigenvalue weighted by molar-refractivity contribution is 6.34. The van der Waals surface area contributed by atoms with Crippen LogP contribution in [0.4, 0.5) is 18.9 Å². The third kappa shape index (κ3) is 3.81. The smallest absolute Gasteiger partial charge is 0.320 e. The number of carbonyl (C=O) groups excluding carboxylic acids is 1. The normalized spacial score (nSPS) is 11.5. The zero-order valence-corrected chi connectivity index (χ0v) is 15.7. The Morgan fingerprint density at radius 3 is 2.52 bits per heavy atom. The second-order valence-electron chi connectivity index (χ2n) is 6.07. The lowest BCUT2D eigenvalue weighted by Crippen LogP contribution is -2.40. The molecule has 3 rings (SSSR count). The van der Waals surface area contributed by atoms with Gasteiger partial charge in [-0.1, -0.05) is 11.6 Å². The Labute approximate surface area is 165 Å². The van der Waals surface area contributed by atoms with Gasteiger partial charge in [-0.15, -0.1) is 0 Å². The van der Waals surface area contributed by atoms with Crippen molar-refractivity contribution in [2.75, 3.05) is 5.32 Å². The number of H-pyrrole nitrogens is 1. The third-order valence-electron chi connectivity index (χ3n) is 4.14. The van der Waals surface area contributed by atoms with E-state index in [1.165, 1.54) is 24.4 Å². The molecule has 0 fully saturated rings. The van der Waals surface area contributed by atoms with Crippen LogP contribution in [0.5, 0.6) is 0 Å². The van der Waals surface area contributed by atoms with Gasteiger partial charge in [0.2, 0.25) is 0 Å². The molecule has 0 unspecified atom stereocenters. The van der Waals surface area contributed by atoms with Gasteiger partial charge in [-0.3, -0.25) is 19.3 Å². The Morgan fingerprint density at radius 1 is 1.24 bits per heavy atom. The summed E-state index contributed by atoms with van der Waals surface area (Å²) in [4.78, 5) is 37.0. The Balaban J connectivity index is 2.08. The van der Waals surface area contributed by atoms with Crippen LogP contribution in [-0.2, 0) is 13.2 Å². The molecular formula is C17H13ClF3N5O3. The molecule has 0 aliphatic heterocycles. The van der Waals surface area contributed by atoms with Gasteiger partial charge in [-0.25, -0.2) is 9.36 Å². The van der Waals surface area contributed by atoms with Crippen molar-refractivity contribution >= 4 is 23.2 Å². The highest BCUT2D eigenvalue weighted by Crippen LogP contribution is 2.28. The largest absolute Gasteiger partial charge is 0.431 e. The van der Waals surface area contributed by atoms with Crippen molar-refractivity contribution in [2.24, 2.45) is 7.05 Å². The summed E-state index contributed by atoms with van der Waals surface area (Å²) < 4.78 is 39.8. The van der Waals surface area contributed by atoms with E-state index in [2.05, 4.69) is 15.5 Å². The van der Waals surface area contributed by atoms with Crippen molar-refractivity contribution in [3.05, 3.63) is 73.3 Å². The summed E-state index contributed by atoms with van der Waals surface area (Å²) in [6.07, 6.45) is -3.56. The van der Waals surface area contributed by atoms with Gasteiger partial charge in [-0.05, 0) is 25.1 Å². The number of amides is 1. The minimum absolute atomic E-state index is 0.0589. The van der Waals surface area contributed by atoms with Gasteiger partial charge in [-0.2, -0.15) is 18.3 Å². The van der Waals surface area contributed by atoms with Crippen LogP contribution in [0.1, 0.15) is 21.7 Å². The summed E-state index contributed by atoms with van der Waals surface area (Å²) >= 11 is 6.07. The van der Waals surface area contributed by atoms with Crippen LogP contribution < -0.4 is 16.6 Å². The Hall–Kier alpha value is -3.34. The predicted molar refractivity (Wildman–Crippen MR) is 98.6 cm³/mol. The number of anilines is 1. The number of aryl methyl sites for hydroxylation is 1. The number of nitrogens with zero attached hydrogens (tertiary/aromatic N) is 3. The molecule has 0 aliphatic rings. The van der Waals surface area contributed by atoms with Crippen LogP contribution in [0.25, 0.3) is 5.69 Å². The number of alkyl halides is 3. The summed E-state index contributed by atoms with van der Waals surface area (Å²) in [6.45, 7) is 1.63. The van der Waals surface area contributed by atoms with E-state index in [-0.39, 0.29) is 22.0 Å². The van der Waals surface area contributed by atoms with E-state index in [0.29, 0.717) is 20.9 Å². The Morgan fingerprint density at radius 2 is 1.93 bits per heavy atom. The first-order valence-electron chi connectivity index (χ1n) is 8.02. The fourth-order valence-corrected chi connectivity index (χ4v) is 2.82. The maximum absolute atomic E-state index is 13.0. The van der Waals surface area contributed by atoms with Crippen molar-refractivity contribution in [1.29, 1.82) is 0 Å². The standard InChI is InChI=1S/C17H13ClF3N5O3/c1-8-10(7-22-24-8)15(28)23-12-5-9(3-4-11(12)18)26-14(27)6-13(17(19,20)21)25(2)16(26)29/h3-7H,1-2H3,(H,22,24)(H,23,28). The zero-order chi connectivity index (χ0) is 21.5. The van der Waals surface area contributed by atoms with Crippen molar-refractivity contribution < 1.29 is 18.0 Å². The molecule has 0 spiro atoms. The summed E-state index contributed by atoms with van der Waals surface area (Å²) in [6, 6.07) is 4.12. The topological polar surface area (TPSA) is 102 Å². The number of hydrogen-bond acceptors (Lipinski definition) is 4. The van der Waals surface area contributed by atoms with Crippen molar-refractivity contribution in [3.63, 3.8) is 0 Å². The molecule has 2 heterocycles. The number of halogens is 4. The summed E-state index contributed by atoms with van der Waals surface area (Å²) in [5, 5.41) is 8.95. The van der Waals surface area contributed by atoms with Gasteiger partial charge in [0.25, 0.3) is 11.5 Å². The molecule has 1 aromatic carbocycles. The first-order chi connectivity index (χ1) is 13.5. The molecule has 12 heteroatoms. The molecule has 152 valence electrons. The lowest BCUT2D eigenvalue weighted by Gasteiger charge is -2.15. The van der Waals surface area contributed by atoms with E-state index < -0.39 is 29.0 Å². The maximum atomic E-state index is 13.0. The molecule has 2 aromatic heterocycles. The van der Waals surface area contributed by atoms with Gasteiger partial charge < -0.3 is 5.32 Å². The minimum atomic E-state index is -4.87. The van der Waals surface area contributed by atoms with E-state index in [0.717, 1.165) is 7.05 Å². The monoisotopic (exact) mass is 427 g/mol. The molecular weight excluding hydrogens is 415 g/mol. The minimum Gasteiger partial charge on any atom is -0.320 e. The molecule has 0 saturated heterocycles. The number of nitrogens with one attached hydrogen (secondary N) is 2. The van der Waals surface area contributed by atoms with E-state index in [9.17, 15) is 27.6 Å². The van der Waals surface area contributed by atoms with Gasteiger partial charge in [0.1, 0.15) is 5.69 Å². The summed E-state index contributed by atoms with van der Waals surface area (Å²) in [5.74, 6) is -0.553. The molecule has 0 atom stereocenters. The molecule has 3 aromatic rings. The van der Waals surface area contributed by atoms with E-state index in [4.69, 9.17) is 11.6 Å². The van der Waals surface area contributed by atoms with Crippen molar-refractivity contribution in [3.8, 4) is 5.69 Å². The Kier molecular flexibility index (Phi) is 5.09. The number of carbonyl (C=O) groups is 1. The number of aromatic nitrogens is 4. The first-order valence-corrected chi connectivity index (χ1v) is 8.40. The lowest BCUT2D eigenvalue weighted by atomic mass is 10.2. The van der Waals surface area contributed by atoms with Crippen LogP contribution >= 0.6 is 11.6 Å². The first kappa shape index (κ1) is 20.4. The molecule has 8 nitrogen and oxygen atoms in total. The number of aromatic amines is 1. The molecule has 29 heavy (non-hydrogen) atoms. The maximum Gasteiger partial charge on any atom is 0.431 e. The molecule has 0 aliphatic carbocycles. The fraction of sp³-hybridized carbons (Fsp3) is 0.176. The average molecular weight is 428 g/mol. The van der Waals surface area contributed by atoms with E-state index in [1.807, 2.05) is 0 Å². The van der Waals surface area contributed by atoms with Gasteiger partial charge in [0, 0.05) is 18.8 Å². The lowest BCUT2D eigenvalue weighted by molar-refractivity contribution is -0.144. The predicted octanol–water partition coefficient (Wildman–Crippen LogP) is 2.49. The third-order valence-corrected chi connectivity index (χ3v) is 4.47. The number of rotatable bonds is 3. The fourth-order valence-electron chi connectivity index (χ4n) is 2.65. The highest BCUT2D eigenvalue weighted by Gasteiger charge is 2.35. The molecule has 0 saturated carbocycles. The van der Waals surface area contributed by atoms with Gasteiger partial charge in [0.05, 0.1) is 28.2 Å². The van der Waals surface area contributed by atoms with E-state index >= 15 is 0 Å². The van der Waals surface area contributed by atoms with Gasteiger partial charge >= 0.3 is 11.9 Å². The average Bonchev–Trinajstić information content (AvgIpc) is 3.06. The number of benzene rings is 1. The Bertz CT molecular complexity index is 1230. The van der Waals surface area contributed by atoms with Crippen LogP contribution in [0, 0.1) is 6.92 Å². The van der Waals surface area contributed by atoms with Gasteiger partial charge in [0.15, 0.2) is 0 Å². The molecule has 0 radical (unpaired) electrons. The number of hydrogen-bond donors (Lipinski definition) is 2. The zero-order valence-electron chi connectivity index (χ0n) is 15.0. The SMILES string of the molecule is Cc1[nH]ncc1C(=O)Nc1cc(-n2c(=O)cc(C(F)(F)F)n(C)c2=O)ccc1Cl.